The molecule has 0 spiro atoms. The lowest BCUT2D eigenvalue weighted by Crippen LogP contribution is -2.55. The summed E-state index contributed by atoms with van der Waals surface area (Å²) >= 11 is 0. The number of ketones is 1. The predicted octanol–water partition coefficient (Wildman–Crippen LogP) is 4.99. The van der Waals surface area contributed by atoms with Gasteiger partial charge in [-0.2, -0.15) is 0 Å². The van der Waals surface area contributed by atoms with Crippen molar-refractivity contribution >= 4 is 5.78 Å². The molecule has 136 valence electrons. The smallest absolute Gasteiger partial charge is 0.133 e. The molecule has 2 heteroatoms. The zero-order valence-corrected chi connectivity index (χ0v) is 16.0. The van der Waals surface area contributed by atoms with Crippen molar-refractivity contribution in [3.63, 3.8) is 0 Å². The van der Waals surface area contributed by atoms with Crippen LogP contribution in [0.4, 0.5) is 0 Å². The number of aliphatic hydroxyl groups is 1. The summed E-state index contributed by atoms with van der Waals surface area (Å²) in [6.45, 7) is 8.49. The van der Waals surface area contributed by atoms with E-state index in [1.807, 2.05) is 6.92 Å². The summed E-state index contributed by atoms with van der Waals surface area (Å²) in [6, 6.07) is 0. The molecule has 0 radical (unpaired) electrons. The number of rotatable bonds is 1. The Morgan fingerprint density at radius 1 is 0.958 bits per heavy atom. The summed E-state index contributed by atoms with van der Waals surface area (Å²) in [5.74, 6) is 2.16. The van der Waals surface area contributed by atoms with Crippen molar-refractivity contribution in [1.29, 1.82) is 0 Å². The first-order valence-electron chi connectivity index (χ1n) is 10.8. The molecular formula is C22H36O2. The van der Waals surface area contributed by atoms with Gasteiger partial charge in [0.15, 0.2) is 0 Å². The van der Waals surface area contributed by atoms with Gasteiger partial charge >= 0.3 is 0 Å². The predicted molar refractivity (Wildman–Crippen MR) is 96.5 cm³/mol. The highest BCUT2D eigenvalue weighted by Gasteiger charge is 2.61. The molecule has 4 aliphatic rings. The lowest BCUT2D eigenvalue weighted by molar-refractivity contribution is -0.150. The Labute approximate surface area is 149 Å². The van der Waals surface area contributed by atoms with Gasteiger partial charge in [-0.3, -0.25) is 4.79 Å². The van der Waals surface area contributed by atoms with Crippen molar-refractivity contribution in [3.8, 4) is 0 Å². The van der Waals surface area contributed by atoms with Crippen LogP contribution in [0.2, 0.25) is 0 Å². The Bertz CT molecular complexity index is 587. The van der Waals surface area contributed by atoms with Crippen LogP contribution in [-0.2, 0) is 4.79 Å². The number of carbonyl (C=O) groups excluding carboxylic acids is 1. The van der Waals surface area contributed by atoms with Crippen molar-refractivity contribution in [2.24, 2.45) is 40.4 Å². The van der Waals surface area contributed by atoms with Gasteiger partial charge in [0.1, 0.15) is 5.78 Å². The largest absolute Gasteiger partial charge is 0.390 e. The monoisotopic (exact) mass is 333 g/mol. The fourth-order valence-electron chi connectivity index (χ4n) is 7.77. The zero-order valence-electron chi connectivity index (χ0n) is 17.0. The summed E-state index contributed by atoms with van der Waals surface area (Å²) in [5.41, 5.74) is -0.427. The molecule has 4 aliphatic carbocycles. The molecule has 24 heavy (non-hydrogen) atoms. The van der Waals surface area contributed by atoms with Gasteiger partial charge in [0.05, 0.1) is 5.60 Å². The van der Waals surface area contributed by atoms with Gasteiger partial charge in [-0.05, 0) is 106 Å². The average molecular weight is 334 g/mol. The molecule has 1 N–H and O–H groups in total. The lowest BCUT2D eigenvalue weighted by Gasteiger charge is -2.61. The highest BCUT2D eigenvalue weighted by atomic mass is 16.3. The van der Waals surface area contributed by atoms with Gasteiger partial charge in [0.2, 0.25) is 0 Å². The van der Waals surface area contributed by atoms with E-state index in [0.29, 0.717) is 30.0 Å². The fraction of sp³-hybridized carbons (Fsp3) is 0.955. The quantitative estimate of drug-likeness (QED) is 0.734. The number of hydrogen-bond acceptors (Lipinski definition) is 2. The molecule has 0 saturated heterocycles. The van der Waals surface area contributed by atoms with E-state index >= 15 is 0 Å². The van der Waals surface area contributed by atoms with Crippen molar-refractivity contribution in [2.45, 2.75) is 91.1 Å². The lowest BCUT2D eigenvalue weighted by atomic mass is 9.44. The second kappa shape index (κ2) is 5.32. The van der Waals surface area contributed by atoms with Crippen LogP contribution < -0.4 is 0 Å². The second-order valence-electron chi connectivity index (χ2n) is 10.4. The molecule has 0 aliphatic heterocycles. The Morgan fingerprint density at radius 2 is 1.67 bits per heavy atom. The molecule has 0 heterocycles. The Kier molecular flexibility index (Phi) is 3.51. The molecule has 0 aromatic rings. The summed E-state index contributed by atoms with van der Waals surface area (Å²) in [7, 11) is 0. The molecule has 0 aromatic heterocycles. The van der Waals surface area contributed by atoms with Crippen LogP contribution in [0.25, 0.3) is 0 Å². The molecular weight excluding hydrogens is 296 g/mol. The molecule has 0 unspecified atom stereocenters. The van der Waals surface area contributed by atoms with Crippen LogP contribution in [0.1, 0.15) is 86.9 Å². The van der Waals surface area contributed by atoms with Gasteiger partial charge in [-0.1, -0.05) is 13.8 Å². The SMILES string of the molecule is [2H][C@]12CC[C@H]3[C@@H]4CC[C@H](C(C)=O)[C@@]4(C)CC[C@@H]3[C@@]1(C)CC[C@](C)(O)C2. The number of Topliss-reactive ketones (excluding diaryl/α,β-unsaturated/α-hetero) is 1. The molecule has 8 atom stereocenters. The van der Waals surface area contributed by atoms with Gasteiger partial charge in [0, 0.05) is 7.29 Å². The third-order valence-corrected chi connectivity index (χ3v) is 9.11. The minimum absolute atomic E-state index is 0.0355. The van der Waals surface area contributed by atoms with Gasteiger partial charge in [0.25, 0.3) is 0 Å². The maximum Gasteiger partial charge on any atom is 0.133 e. The van der Waals surface area contributed by atoms with E-state index < -0.39 is 11.5 Å². The fourth-order valence-corrected chi connectivity index (χ4v) is 7.77. The summed E-state index contributed by atoms with van der Waals surface area (Å²) in [5, 5.41) is 10.6. The van der Waals surface area contributed by atoms with E-state index in [2.05, 4.69) is 13.8 Å². The van der Waals surface area contributed by atoms with Crippen molar-refractivity contribution in [1.82, 2.24) is 0 Å². The maximum absolute atomic E-state index is 12.2. The standard InChI is InChI=1S/C22H36O2/c1-14(23)17-7-8-18-16-6-5-15-13-20(2,24)11-12-21(15,3)19(16)9-10-22(17,18)4/h15-19,24H,5-13H2,1-4H3/t15-,16+,17-,18+,19+,20+,21+,22-/m1/s1/i15D. The normalized spacial score (nSPS) is 60.6. The third-order valence-electron chi connectivity index (χ3n) is 9.11. The van der Waals surface area contributed by atoms with Crippen LogP contribution >= 0.6 is 0 Å². The molecule has 4 saturated carbocycles. The van der Waals surface area contributed by atoms with E-state index in [4.69, 9.17) is 0 Å². The second-order valence-corrected chi connectivity index (χ2v) is 10.4. The Morgan fingerprint density at radius 3 is 2.38 bits per heavy atom. The Balaban J connectivity index is 1.65. The summed E-state index contributed by atoms with van der Waals surface area (Å²) < 4.78 is 9.28. The summed E-state index contributed by atoms with van der Waals surface area (Å²) in [6.07, 6.45) is 9.15. The van der Waals surface area contributed by atoms with E-state index in [1.165, 1.54) is 12.8 Å². The van der Waals surface area contributed by atoms with Crippen LogP contribution in [0.3, 0.4) is 0 Å². The first-order chi connectivity index (χ1) is 11.5. The number of fused-ring (bicyclic) bond motifs is 5. The van der Waals surface area contributed by atoms with Gasteiger partial charge in [-0.25, -0.2) is 0 Å². The molecule has 2 nitrogen and oxygen atoms in total. The number of hydrogen-bond donors (Lipinski definition) is 1. The molecule has 0 amide bonds. The Hall–Kier alpha value is -0.370. The van der Waals surface area contributed by atoms with Crippen LogP contribution in [0, 0.1) is 40.4 Å². The maximum atomic E-state index is 12.2. The minimum Gasteiger partial charge on any atom is -0.390 e. The van der Waals surface area contributed by atoms with Gasteiger partial charge < -0.3 is 5.11 Å². The molecule has 0 bridgehead atoms. The van der Waals surface area contributed by atoms with Crippen molar-refractivity contribution < 1.29 is 11.3 Å². The van der Waals surface area contributed by atoms with Gasteiger partial charge in [-0.15, -0.1) is 0 Å². The third kappa shape index (κ3) is 2.27. The average Bonchev–Trinajstić information content (AvgIpc) is 2.85. The first-order valence-corrected chi connectivity index (χ1v) is 10.3. The van der Waals surface area contributed by atoms with E-state index in [0.717, 1.165) is 38.5 Å². The highest BCUT2D eigenvalue weighted by molar-refractivity contribution is 5.79. The summed E-state index contributed by atoms with van der Waals surface area (Å²) in [4.78, 5) is 12.2. The topological polar surface area (TPSA) is 37.3 Å². The number of carbonyl (C=O) groups is 1. The van der Waals surface area contributed by atoms with E-state index in [1.54, 1.807) is 6.92 Å². The van der Waals surface area contributed by atoms with Crippen LogP contribution in [-0.4, -0.2) is 16.5 Å². The van der Waals surface area contributed by atoms with E-state index in [9.17, 15) is 11.3 Å². The molecule has 4 rings (SSSR count). The van der Waals surface area contributed by atoms with Crippen LogP contribution in [0.15, 0.2) is 0 Å². The minimum atomic E-state index is -0.662. The molecule has 4 fully saturated rings. The van der Waals surface area contributed by atoms with Crippen LogP contribution in [0.5, 0.6) is 0 Å². The van der Waals surface area contributed by atoms with Crippen molar-refractivity contribution in [3.05, 3.63) is 0 Å². The van der Waals surface area contributed by atoms with Crippen molar-refractivity contribution in [2.75, 3.05) is 0 Å². The molecule has 0 aromatic carbocycles. The van der Waals surface area contributed by atoms with E-state index in [-0.39, 0.29) is 16.7 Å². The first kappa shape index (κ1) is 15.9. The zero-order chi connectivity index (χ0) is 18.3. The highest BCUT2D eigenvalue weighted by Crippen LogP contribution is 2.68.